The van der Waals surface area contributed by atoms with Gasteiger partial charge in [0.05, 0.1) is 0 Å². The van der Waals surface area contributed by atoms with Gasteiger partial charge >= 0.3 is 0 Å². The van der Waals surface area contributed by atoms with Gasteiger partial charge < -0.3 is 10.3 Å². The van der Waals surface area contributed by atoms with E-state index in [9.17, 15) is 4.79 Å². The van der Waals surface area contributed by atoms with E-state index in [1.807, 2.05) is 42.6 Å². The van der Waals surface area contributed by atoms with Gasteiger partial charge in [-0.25, -0.2) is 0 Å². The van der Waals surface area contributed by atoms with Crippen LogP contribution in [0.15, 0.2) is 73.2 Å². The number of aromatic nitrogens is 2. The lowest BCUT2D eigenvalue weighted by Crippen LogP contribution is -2.25. The Morgan fingerprint density at radius 3 is 2.73 bits per heavy atom. The first-order valence-electron chi connectivity index (χ1n) is 10.2. The third-order valence-electron chi connectivity index (χ3n) is 5.47. The maximum atomic E-state index is 12.9. The molecule has 1 atom stereocenters. The van der Waals surface area contributed by atoms with E-state index in [1.165, 1.54) is 5.56 Å². The Morgan fingerprint density at radius 2 is 1.97 bits per heavy atom. The molecule has 2 N–H and O–H groups in total. The normalized spacial score (nSPS) is 12.1. The maximum absolute atomic E-state index is 12.9. The van der Waals surface area contributed by atoms with Crippen molar-refractivity contribution in [1.29, 1.82) is 0 Å². The van der Waals surface area contributed by atoms with Crippen LogP contribution in [0, 0.1) is 0 Å². The van der Waals surface area contributed by atoms with Crippen molar-refractivity contribution < 1.29 is 4.79 Å². The molecular formula is C25H24ClN3O. The molecule has 0 bridgehead atoms. The quantitative estimate of drug-likeness (QED) is 0.410. The lowest BCUT2D eigenvalue weighted by atomic mass is 9.87. The fourth-order valence-electron chi connectivity index (χ4n) is 3.93. The number of nitrogens with one attached hydrogen (secondary N) is 2. The molecule has 0 aliphatic rings. The van der Waals surface area contributed by atoms with Crippen LogP contribution >= 0.6 is 11.6 Å². The van der Waals surface area contributed by atoms with Crippen LogP contribution in [0.2, 0.25) is 5.02 Å². The molecule has 1 amide bonds. The summed E-state index contributed by atoms with van der Waals surface area (Å²) in [5.74, 6) is -0.168. The van der Waals surface area contributed by atoms with Crippen molar-refractivity contribution in [2.45, 2.75) is 32.2 Å². The van der Waals surface area contributed by atoms with Crippen LogP contribution in [-0.2, 0) is 17.8 Å². The van der Waals surface area contributed by atoms with Gasteiger partial charge in [-0.15, -0.1) is 0 Å². The molecule has 0 aliphatic heterocycles. The molecule has 2 aromatic carbocycles. The highest BCUT2D eigenvalue weighted by Crippen LogP contribution is 2.37. The second kappa shape index (κ2) is 9.14. The molecule has 4 rings (SSSR count). The minimum atomic E-state index is -0.145. The van der Waals surface area contributed by atoms with E-state index in [0.29, 0.717) is 18.0 Å². The molecule has 2 heterocycles. The van der Waals surface area contributed by atoms with Gasteiger partial charge in [-0.3, -0.25) is 9.78 Å². The second-order valence-corrected chi connectivity index (χ2v) is 7.76. The zero-order valence-corrected chi connectivity index (χ0v) is 17.6. The van der Waals surface area contributed by atoms with E-state index in [4.69, 9.17) is 11.6 Å². The molecule has 30 heavy (non-hydrogen) atoms. The predicted molar refractivity (Wildman–Crippen MR) is 122 cm³/mol. The lowest BCUT2D eigenvalue weighted by molar-refractivity contribution is -0.121. The van der Waals surface area contributed by atoms with E-state index < -0.39 is 0 Å². The molecule has 0 saturated heterocycles. The lowest BCUT2D eigenvalue weighted by Gasteiger charge is -2.18. The summed E-state index contributed by atoms with van der Waals surface area (Å²) in [7, 11) is 0. The molecule has 0 fully saturated rings. The molecule has 4 aromatic rings. The van der Waals surface area contributed by atoms with Crippen molar-refractivity contribution in [3.05, 3.63) is 100 Å². The Balaban J connectivity index is 1.66. The van der Waals surface area contributed by atoms with Crippen molar-refractivity contribution in [3.63, 3.8) is 0 Å². The van der Waals surface area contributed by atoms with Crippen LogP contribution < -0.4 is 5.32 Å². The number of carbonyl (C=O) groups is 1. The summed E-state index contributed by atoms with van der Waals surface area (Å²) in [5, 5.41) is 4.83. The molecule has 0 radical (unpaired) electrons. The molecule has 152 valence electrons. The van der Waals surface area contributed by atoms with E-state index in [2.05, 4.69) is 40.4 Å². The average Bonchev–Trinajstić information content (AvgIpc) is 3.21. The van der Waals surface area contributed by atoms with Crippen molar-refractivity contribution in [2.75, 3.05) is 0 Å². The number of halogens is 1. The van der Waals surface area contributed by atoms with Crippen molar-refractivity contribution in [2.24, 2.45) is 0 Å². The van der Waals surface area contributed by atoms with Gasteiger partial charge in [0.25, 0.3) is 0 Å². The fourth-order valence-corrected chi connectivity index (χ4v) is 4.20. The molecule has 4 nitrogen and oxygen atoms in total. The van der Waals surface area contributed by atoms with E-state index >= 15 is 0 Å². The fraction of sp³-hybridized carbons (Fsp3) is 0.200. The number of hydrogen-bond donors (Lipinski definition) is 2. The highest BCUT2D eigenvalue weighted by molar-refractivity contribution is 6.31. The number of rotatable bonds is 7. The number of hydrogen-bond acceptors (Lipinski definition) is 2. The number of aryl methyl sites for hydroxylation is 1. The summed E-state index contributed by atoms with van der Waals surface area (Å²) in [6.45, 7) is 2.60. The Morgan fingerprint density at radius 1 is 1.10 bits per heavy atom. The third kappa shape index (κ3) is 4.24. The van der Waals surface area contributed by atoms with Crippen molar-refractivity contribution in [3.8, 4) is 0 Å². The summed E-state index contributed by atoms with van der Waals surface area (Å²) in [6.07, 6.45) is 6.76. The van der Waals surface area contributed by atoms with Crippen LogP contribution in [0.1, 0.15) is 41.5 Å². The Bertz CT molecular complexity index is 1150. The molecule has 1 unspecified atom stereocenters. The first-order valence-corrected chi connectivity index (χ1v) is 10.5. The summed E-state index contributed by atoms with van der Waals surface area (Å²) in [4.78, 5) is 20.4. The van der Waals surface area contributed by atoms with Crippen LogP contribution in [0.25, 0.3) is 10.9 Å². The van der Waals surface area contributed by atoms with Crippen LogP contribution in [0.5, 0.6) is 0 Å². The zero-order chi connectivity index (χ0) is 20.9. The first-order chi connectivity index (χ1) is 14.7. The van der Waals surface area contributed by atoms with Gasteiger partial charge in [0.15, 0.2) is 0 Å². The number of carbonyl (C=O) groups excluding carboxylic acids is 1. The Labute approximate surface area is 181 Å². The van der Waals surface area contributed by atoms with Crippen LogP contribution in [0.3, 0.4) is 0 Å². The zero-order valence-electron chi connectivity index (χ0n) is 16.9. The summed E-state index contributed by atoms with van der Waals surface area (Å²) < 4.78 is 0. The number of benzene rings is 2. The summed E-state index contributed by atoms with van der Waals surface area (Å²) in [6, 6.07) is 17.9. The molecule has 2 aromatic heterocycles. The smallest absolute Gasteiger partial charge is 0.221 e. The standard InChI is InChI=1S/C25H24ClN3O/c1-2-18-8-5-10-20-22(16-29-25(18)20)21(19-9-3-4-11-23(19)26)13-24(30)28-15-17-7-6-12-27-14-17/h3-12,14,16,21,29H,2,13,15H2,1H3,(H,28,30). The third-order valence-corrected chi connectivity index (χ3v) is 5.82. The number of fused-ring (bicyclic) bond motifs is 1. The van der Waals surface area contributed by atoms with Crippen molar-refractivity contribution in [1.82, 2.24) is 15.3 Å². The van der Waals surface area contributed by atoms with Gasteiger partial charge in [0, 0.05) is 53.4 Å². The van der Waals surface area contributed by atoms with Crippen molar-refractivity contribution >= 4 is 28.4 Å². The number of amides is 1. The predicted octanol–water partition coefficient (Wildman–Crippen LogP) is 5.62. The monoisotopic (exact) mass is 417 g/mol. The Kier molecular flexibility index (Phi) is 6.15. The largest absolute Gasteiger partial charge is 0.361 e. The second-order valence-electron chi connectivity index (χ2n) is 7.35. The Hall–Kier alpha value is -3.11. The van der Waals surface area contributed by atoms with Gasteiger partial charge in [0.2, 0.25) is 5.91 Å². The van der Waals surface area contributed by atoms with Gasteiger partial charge in [-0.2, -0.15) is 0 Å². The maximum Gasteiger partial charge on any atom is 0.221 e. The molecule has 0 spiro atoms. The topological polar surface area (TPSA) is 57.8 Å². The minimum absolute atomic E-state index is 0.0234. The summed E-state index contributed by atoms with van der Waals surface area (Å²) >= 11 is 6.55. The minimum Gasteiger partial charge on any atom is -0.361 e. The van der Waals surface area contributed by atoms with Crippen LogP contribution in [0.4, 0.5) is 0 Å². The first kappa shape index (κ1) is 20.2. The SMILES string of the molecule is CCc1cccc2c(C(CC(=O)NCc3cccnc3)c3ccccc3Cl)c[nH]c12. The number of nitrogens with zero attached hydrogens (tertiary/aromatic N) is 1. The number of para-hydroxylation sites is 1. The van der Waals surface area contributed by atoms with E-state index in [-0.39, 0.29) is 11.8 Å². The summed E-state index contributed by atoms with van der Waals surface area (Å²) in [5.41, 5.74) is 5.41. The van der Waals surface area contributed by atoms with Gasteiger partial charge in [-0.05, 0) is 40.8 Å². The number of aromatic amines is 1. The van der Waals surface area contributed by atoms with Gasteiger partial charge in [-0.1, -0.05) is 61.0 Å². The highest BCUT2D eigenvalue weighted by atomic mass is 35.5. The number of pyridine rings is 1. The molecule has 5 heteroatoms. The van der Waals surface area contributed by atoms with Crippen LogP contribution in [-0.4, -0.2) is 15.9 Å². The van der Waals surface area contributed by atoms with Gasteiger partial charge in [0.1, 0.15) is 0 Å². The van der Waals surface area contributed by atoms with E-state index in [1.54, 1.807) is 12.4 Å². The molecule has 0 aliphatic carbocycles. The molecular weight excluding hydrogens is 394 g/mol. The average molecular weight is 418 g/mol. The van der Waals surface area contributed by atoms with E-state index in [0.717, 1.165) is 34.0 Å². The highest BCUT2D eigenvalue weighted by Gasteiger charge is 2.23. The number of H-pyrrole nitrogens is 1. The molecule has 0 saturated carbocycles.